The second-order valence-corrected chi connectivity index (χ2v) is 3.62. The van der Waals surface area contributed by atoms with E-state index < -0.39 is 23.4 Å². The van der Waals surface area contributed by atoms with Gasteiger partial charge in [0, 0.05) is 0 Å². The van der Waals surface area contributed by atoms with E-state index in [2.05, 4.69) is 0 Å². The maximum Gasteiger partial charge on any atom is 0.324 e. The minimum absolute atomic E-state index is 0.188. The first-order valence-corrected chi connectivity index (χ1v) is 4.71. The number of rotatable bonds is 5. The third-order valence-electron chi connectivity index (χ3n) is 2.43. The second-order valence-electron chi connectivity index (χ2n) is 3.62. The largest absolute Gasteiger partial charge is 0.480 e. The molecule has 3 N–H and O–H groups in total. The van der Waals surface area contributed by atoms with E-state index in [1.807, 2.05) is 6.92 Å². The summed E-state index contributed by atoms with van der Waals surface area (Å²) in [5, 5.41) is 8.67. The number of hydrogen-bond donors (Lipinski definition) is 2. The number of nitrogens with two attached hydrogens (primary N) is 1. The summed E-state index contributed by atoms with van der Waals surface area (Å²) in [6.45, 7) is 2.33. The summed E-state index contributed by atoms with van der Waals surface area (Å²) in [5.74, 6) is -2.27. The van der Waals surface area contributed by atoms with E-state index in [-0.39, 0.29) is 6.42 Å². The Labute approximate surface area is 82.2 Å². The maximum absolute atomic E-state index is 11.2. The van der Waals surface area contributed by atoms with Crippen molar-refractivity contribution in [3.8, 4) is 0 Å². The summed E-state index contributed by atoms with van der Waals surface area (Å²) in [6, 6.07) is 0. The average molecular weight is 201 g/mol. The number of carboxylic acid groups (broad SMARTS) is 1. The van der Waals surface area contributed by atoms with Crippen molar-refractivity contribution in [1.29, 1.82) is 0 Å². The van der Waals surface area contributed by atoms with Crippen molar-refractivity contribution >= 4 is 11.9 Å². The third kappa shape index (κ3) is 2.04. The molecule has 5 nitrogen and oxygen atoms in total. The molecule has 0 heterocycles. The molecule has 0 aromatic carbocycles. The topological polar surface area (TPSA) is 89.6 Å². The van der Waals surface area contributed by atoms with Crippen molar-refractivity contribution < 1.29 is 19.4 Å². The van der Waals surface area contributed by atoms with E-state index in [9.17, 15) is 9.59 Å². The molecule has 0 aromatic rings. The fraction of sp³-hybridized carbons (Fsp3) is 0.778. The van der Waals surface area contributed by atoms with E-state index >= 15 is 0 Å². The lowest BCUT2D eigenvalue weighted by atomic mass is 10.2. The van der Waals surface area contributed by atoms with E-state index in [0.717, 1.165) is 12.8 Å². The molecular weight excluding hydrogens is 186 g/mol. The van der Waals surface area contributed by atoms with Gasteiger partial charge in [-0.1, -0.05) is 13.3 Å². The van der Waals surface area contributed by atoms with Gasteiger partial charge in [0.05, 0.1) is 12.5 Å². The van der Waals surface area contributed by atoms with Crippen molar-refractivity contribution in [3.63, 3.8) is 0 Å². The normalized spacial score (nSPS) is 29.7. The predicted molar refractivity (Wildman–Crippen MR) is 48.5 cm³/mol. The first-order valence-electron chi connectivity index (χ1n) is 4.71. The van der Waals surface area contributed by atoms with E-state index in [4.69, 9.17) is 15.6 Å². The number of unbranched alkanes of at least 4 members (excludes halogenated alkanes) is 1. The quantitative estimate of drug-likeness (QED) is 0.487. The van der Waals surface area contributed by atoms with Gasteiger partial charge in [0.25, 0.3) is 0 Å². The molecule has 14 heavy (non-hydrogen) atoms. The number of carbonyl (C=O) groups is 2. The minimum atomic E-state index is -1.37. The van der Waals surface area contributed by atoms with Gasteiger partial charge in [-0.2, -0.15) is 0 Å². The van der Waals surface area contributed by atoms with Crippen LogP contribution < -0.4 is 5.73 Å². The van der Waals surface area contributed by atoms with Gasteiger partial charge in [-0.25, -0.2) is 0 Å². The highest BCUT2D eigenvalue weighted by Gasteiger charge is 2.62. The predicted octanol–water partition coefficient (Wildman–Crippen LogP) is 0.132. The first kappa shape index (κ1) is 11.0. The van der Waals surface area contributed by atoms with Crippen LogP contribution in [0.2, 0.25) is 0 Å². The molecule has 0 bridgehead atoms. The summed E-state index contributed by atoms with van der Waals surface area (Å²) >= 11 is 0. The lowest BCUT2D eigenvalue weighted by Crippen LogP contribution is -2.37. The van der Waals surface area contributed by atoms with Gasteiger partial charge in [-0.15, -0.1) is 0 Å². The molecule has 0 amide bonds. The van der Waals surface area contributed by atoms with Gasteiger partial charge in [-0.05, 0) is 12.8 Å². The zero-order valence-corrected chi connectivity index (χ0v) is 8.16. The fourth-order valence-electron chi connectivity index (χ4n) is 1.23. The molecule has 80 valence electrons. The number of aliphatic carboxylic acids is 1. The molecule has 0 spiro atoms. The van der Waals surface area contributed by atoms with Crippen LogP contribution in [0.3, 0.4) is 0 Å². The minimum Gasteiger partial charge on any atom is -0.480 e. The Bertz CT molecular complexity index is 253. The number of carbonyl (C=O) groups excluding carboxylic acids is 1. The lowest BCUT2D eigenvalue weighted by molar-refractivity contribution is -0.149. The lowest BCUT2D eigenvalue weighted by Gasteiger charge is -2.05. The molecule has 1 aliphatic carbocycles. The second kappa shape index (κ2) is 3.96. The first-order chi connectivity index (χ1) is 6.52. The molecule has 0 aliphatic heterocycles. The van der Waals surface area contributed by atoms with Crippen LogP contribution in [0, 0.1) is 5.92 Å². The van der Waals surface area contributed by atoms with Crippen molar-refractivity contribution in [2.24, 2.45) is 11.7 Å². The summed E-state index contributed by atoms with van der Waals surface area (Å²) in [6.07, 6.45) is 1.92. The van der Waals surface area contributed by atoms with Crippen LogP contribution in [0.4, 0.5) is 0 Å². The van der Waals surface area contributed by atoms with Crippen molar-refractivity contribution in [1.82, 2.24) is 0 Å². The summed E-state index contributed by atoms with van der Waals surface area (Å²) in [7, 11) is 0. The molecule has 1 saturated carbocycles. The van der Waals surface area contributed by atoms with Crippen LogP contribution in [-0.2, 0) is 14.3 Å². The SMILES string of the molecule is CCCCOC(=O)C1CC1(N)C(=O)O. The number of ether oxygens (including phenoxy) is 1. The molecular formula is C9H15NO4. The van der Waals surface area contributed by atoms with Gasteiger partial charge in [0.2, 0.25) is 0 Å². The summed E-state index contributed by atoms with van der Waals surface area (Å²) in [4.78, 5) is 21.8. The molecule has 1 rings (SSSR count). The van der Waals surface area contributed by atoms with Crippen molar-refractivity contribution in [3.05, 3.63) is 0 Å². The summed E-state index contributed by atoms with van der Waals surface area (Å²) in [5.41, 5.74) is 4.07. The molecule has 2 unspecified atom stereocenters. The summed E-state index contributed by atoms with van der Waals surface area (Å²) < 4.78 is 4.87. The highest BCUT2D eigenvalue weighted by atomic mass is 16.5. The highest BCUT2D eigenvalue weighted by molar-refractivity contribution is 5.93. The average Bonchev–Trinajstić information content (AvgIpc) is 2.80. The monoisotopic (exact) mass is 201 g/mol. The van der Waals surface area contributed by atoms with E-state index in [1.54, 1.807) is 0 Å². The molecule has 1 fully saturated rings. The standard InChI is InChI=1S/C9H15NO4/c1-2-3-4-14-7(11)6-5-9(6,10)8(12)13/h6H,2-5,10H2,1H3,(H,12,13). The fourth-order valence-corrected chi connectivity index (χ4v) is 1.23. The van der Waals surface area contributed by atoms with Gasteiger partial charge < -0.3 is 15.6 Å². The molecule has 0 radical (unpaired) electrons. The molecule has 5 heteroatoms. The van der Waals surface area contributed by atoms with Crippen LogP contribution in [0.5, 0.6) is 0 Å². The smallest absolute Gasteiger partial charge is 0.324 e. The highest BCUT2D eigenvalue weighted by Crippen LogP contribution is 2.42. The van der Waals surface area contributed by atoms with Gasteiger partial charge in [0.1, 0.15) is 5.54 Å². The Kier molecular flexibility index (Phi) is 3.10. The van der Waals surface area contributed by atoms with Crippen LogP contribution in [-0.4, -0.2) is 29.2 Å². The Morgan fingerprint density at radius 1 is 1.64 bits per heavy atom. The number of hydrogen-bond acceptors (Lipinski definition) is 4. The zero-order chi connectivity index (χ0) is 10.8. The van der Waals surface area contributed by atoms with Crippen LogP contribution >= 0.6 is 0 Å². The van der Waals surface area contributed by atoms with Gasteiger partial charge >= 0.3 is 11.9 Å². The Morgan fingerprint density at radius 2 is 2.29 bits per heavy atom. The van der Waals surface area contributed by atoms with Gasteiger partial charge in [-0.3, -0.25) is 9.59 Å². The van der Waals surface area contributed by atoms with E-state index in [1.165, 1.54) is 0 Å². The number of esters is 1. The van der Waals surface area contributed by atoms with Crippen LogP contribution in [0.1, 0.15) is 26.2 Å². The number of carboxylic acids is 1. The molecule has 1 aliphatic rings. The maximum atomic E-state index is 11.2. The molecule has 2 atom stereocenters. The Balaban J connectivity index is 2.32. The molecule has 0 aromatic heterocycles. The van der Waals surface area contributed by atoms with E-state index in [0.29, 0.717) is 6.61 Å². The van der Waals surface area contributed by atoms with Gasteiger partial charge in [0.15, 0.2) is 0 Å². The van der Waals surface area contributed by atoms with Crippen molar-refractivity contribution in [2.45, 2.75) is 31.7 Å². The van der Waals surface area contributed by atoms with Crippen LogP contribution in [0.15, 0.2) is 0 Å². The third-order valence-corrected chi connectivity index (χ3v) is 2.43. The zero-order valence-electron chi connectivity index (χ0n) is 8.16. The van der Waals surface area contributed by atoms with Crippen molar-refractivity contribution in [2.75, 3.05) is 6.61 Å². The Morgan fingerprint density at radius 3 is 2.71 bits per heavy atom. The molecule has 0 saturated heterocycles. The van der Waals surface area contributed by atoms with Crippen LogP contribution in [0.25, 0.3) is 0 Å². The Hall–Kier alpha value is -1.10.